The number of pyridine rings is 1. The number of benzene rings is 2. The van der Waals surface area contributed by atoms with Gasteiger partial charge in [-0.05, 0) is 60.0 Å². The Morgan fingerprint density at radius 2 is 2.00 bits per heavy atom. The number of hydrogen-bond acceptors (Lipinski definition) is 9. The van der Waals surface area contributed by atoms with Crippen LogP contribution in [-0.2, 0) is 19.6 Å². The molecule has 1 amide bonds. The first kappa shape index (κ1) is 23.5. The molecule has 2 aliphatic heterocycles. The number of carbonyl (C=O) groups is 1. The molecular weight excluding hydrogens is 486 g/mol. The number of amides is 1. The number of rotatable bonds is 8. The Morgan fingerprint density at radius 3 is 2.87 bits per heavy atom. The van der Waals surface area contributed by atoms with Gasteiger partial charge in [-0.3, -0.25) is 9.78 Å². The topological polar surface area (TPSA) is 108 Å². The van der Waals surface area contributed by atoms with Crippen LogP contribution < -0.4 is 29.2 Å². The fourth-order valence-electron chi connectivity index (χ4n) is 4.42. The Balaban J connectivity index is 1.27. The van der Waals surface area contributed by atoms with E-state index in [0.29, 0.717) is 24.0 Å². The van der Waals surface area contributed by atoms with Gasteiger partial charge in [0.2, 0.25) is 18.6 Å². The number of nitrogens with one attached hydrogen (secondary N) is 1. The highest BCUT2D eigenvalue weighted by Gasteiger charge is 2.25. The Morgan fingerprint density at radius 1 is 1.08 bits per heavy atom. The summed E-state index contributed by atoms with van der Waals surface area (Å²) in [5.41, 5.74) is 3.98. The number of hydrogen-bond donors (Lipinski definition) is 1. The highest BCUT2D eigenvalue weighted by atomic mass is 16.7. The van der Waals surface area contributed by atoms with E-state index in [4.69, 9.17) is 18.9 Å². The molecule has 4 heterocycles. The lowest BCUT2D eigenvalue weighted by molar-refractivity contribution is 0.0944. The predicted molar refractivity (Wildman–Crippen MR) is 138 cm³/mol. The average Bonchev–Trinajstić information content (AvgIpc) is 3.61. The minimum atomic E-state index is -0.352. The van der Waals surface area contributed by atoms with Crippen molar-refractivity contribution < 1.29 is 23.7 Å². The van der Waals surface area contributed by atoms with Crippen LogP contribution in [0.2, 0.25) is 0 Å². The van der Waals surface area contributed by atoms with Crippen LogP contribution in [0.4, 0.5) is 11.6 Å². The molecule has 0 bridgehead atoms. The Kier molecular flexibility index (Phi) is 6.35. The number of methoxy groups -OCH3 is 1. The van der Waals surface area contributed by atoms with Crippen molar-refractivity contribution in [1.29, 1.82) is 0 Å². The summed E-state index contributed by atoms with van der Waals surface area (Å²) in [6, 6.07) is 17.0. The molecule has 38 heavy (non-hydrogen) atoms. The molecule has 0 saturated heterocycles. The summed E-state index contributed by atoms with van der Waals surface area (Å²) in [6.45, 7) is 1.35. The number of fused-ring (bicyclic) bond motifs is 2. The molecule has 0 aliphatic carbocycles. The van der Waals surface area contributed by atoms with Gasteiger partial charge in [0.15, 0.2) is 11.5 Å². The average molecular weight is 512 g/mol. The molecule has 10 heteroatoms. The molecule has 0 unspecified atom stereocenters. The lowest BCUT2D eigenvalue weighted by Crippen LogP contribution is -2.25. The van der Waals surface area contributed by atoms with Gasteiger partial charge in [0.25, 0.3) is 5.91 Å². The minimum Gasteiger partial charge on any atom is -0.497 e. The number of nitrogens with zero attached hydrogens (tertiary/aromatic N) is 4. The fourth-order valence-corrected chi connectivity index (χ4v) is 4.42. The zero-order chi connectivity index (χ0) is 25.9. The van der Waals surface area contributed by atoms with E-state index in [-0.39, 0.29) is 37.3 Å². The van der Waals surface area contributed by atoms with Crippen LogP contribution >= 0.6 is 0 Å². The smallest absolute Gasteiger partial charge is 0.258 e. The molecule has 6 rings (SSSR count). The first-order valence-corrected chi connectivity index (χ1v) is 12.2. The summed E-state index contributed by atoms with van der Waals surface area (Å²) in [4.78, 5) is 28.6. The normalized spacial score (nSPS) is 13.2. The second-order valence-corrected chi connectivity index (χ2v) is 8.77. The van der Waals surface area contributed by atoms with Crippen molar-refractivity contribution in [3.05, 3.63) is 89.4 Å². The van der Waals surface area contributed by atoms with Crippen LogP contribution in [0.1, 0.15) is 27.2 Å². The highest BCUT2D eigenvalue weighted by Crippen LogP contribution is 2.36. The second-order valence-electron chi connectivity index (χ2n) is 8.77. The third-order valence-corrected chi connectivity index (χ3v) is 6.38. The van der Waals surface area contributed by atoms with Gasteiger partial charge >= 0.3 is 0 Å². The maximum atomic E-state index is 13.1. The Labute approximate surface area is 219 Å². The lowest BCUT2D eigenvalue weighted by atomic mass is 10.1. The van der Waals surface area contributed by atoms with Gasteiger partial charge in [0.1, 0.15) is 17.9 Å². The summed E-state index contributed by atoms with van der Waals surface area (Å²) in [7, 11) is 1.65. The molecule has 4 aromatic rings. The molecule has 2 aliphatic rings. The van der Waals surface area contributed by atoms with Crippen molar-refractivity contribution in [1.82, 2.24) is 20.3 Å². The van der Waals surface area contributed by atoms with Crippen LogP contribution in [0.15, 0.2) is 67.0 Å². The molecular formula is C28H25N5O5. The first-order chi connectivity index (χ1) is 18.7. The molecule has 10 nitrogen and oxygen atoms in total. The molecule has 0 fully saturated rings. The summed E-state index contributed by atoms with van der Waals surface area (Å²) < 4.78 is 22.3. The summed E-state index contributed by atoms with van der Waals surface area (Å²) in [5, 5.41) is 2.88. The van der Waals surface area contributed by atoms with Gasteiger partial charge in [-0.1, -0.05) is 12.1 Å². The first-order valence-electron chi connectivity index (χ1n) is 12.2. The van der Waals surface area contributed by atoms with Crippen molar-refractivity contribution >= 4 is 17.5 Å². The maximum absolute atomic E-state index is 13.1. The molecule has 1 N–H and O–H groups in total. The van der Waals surface area contributed by atoms with Crippen molar-refractivity contribution in [2.75, 3.05) is 25.3 Å². The van der Waals surface area contributed by atoms with Gasteiger partial charge in [0.05, 0.1) is 19.3 Å². The van der Waals surface area contributed by atoms with Crippen LogP contribution in [0, 0.1) is 0 Å². The fraction of sp³-hybridized carbons (Fsp3) is 0.214. The Bertz CT molecular complexity index is 1480. The number of anilines is 2. The standard InChI is InChI=1S/C28H25N5O5/c1-35-21-6-7-23-19(13-21)9-11-33(23)28-31-15-22(26(34)30-14-20-4-2-3-10-29-20)27(32-28)36-16-18-5-8-24-25(12-18)38-17-37-24/h2-8,10,12-13,15H,9,11,14,16-17H2,1H3,(H,30,34). The summed E-state index contributed by atoms with van der Waals surface area (Å²) in [5.74, 6) is 2.45. The zero-order valence-electron chi connectivity index (χ0n) is 20.7. The quantitative estimate of drug-likeness (QED) is 0.378. The predicted octanol–water partition coefficient (Wildman–Crippen LogP) is 3.81. The molecule has 192 valence electrons. The van der Waals surface area contributed by atoms with Crippen LogP contribution in [-0.4, -0.2) is 41.3 Å². The molecule has 2 aromatic carbocycles. The van der Waals surface area contributed by atoms with Gasteiger partial charge in [-0.2, -0.15) is 4.98 Å². The summed E-state index contributed by atoms with van der Waals surface area (Å²) in [6.07, 6.45) is 4.02. The number of carbonyl (C=O) groups excluding carboxylic acids is 1. The molecule has 0 saturated carbocycles. The third kappa shape index (κ3) is 4.75. The maximum Gasteiger partial charge on any atom is 0.258 e. The van der Waals surface area contributed by atoms with E-state index in [9.17, 15) is 4.79 Å². The zero-order valence-corrected chi connectivity index (χ0v) is 20.7. The molecule has 0 spiro atoms. The van der Waals surface area contributed by atoms with E-state index in [1.165, 1.54) is 6.20 Å². The van der Waals surface area contributed by atoms with E-state index < -0.39 is 0 Å². The van der Waals surface area contributed by atoms with Crippen LogP contribution in [0.3, 0.4) is 0 Å². The van der Waals surface area contributed by atoms with E-state index >= 15 is 0 Å². The van der Waals surface area contributed by atoms with Crippen molar-refractivity contribution in [3.8, 4) is 23.1 Å². The van der Waals surface area contributed by atoms with Crippen molar-refractivity contribution in [2.24, 2.45) is 0 Å². The number of ether oxygens (including phenoxy) is 4. The molecule has 2 aromatic heterocycles. The van der Waals surface area contributed by atoms with Crippen molar-refractivity contribution in [3.63, 3.8) is 0 Å². The SMILES string of the molecule is COc1ccc2c(c1)CCN2c1ncc(C(=O)NCc2ccccn2)c(OCc2ccc3c(c2)OCO3)n1. The lowest BCUT2D eigenvalue weighted by Gasteiger charge is -2.19. The van der Waals surface area contributed by atoms with Gasteiger partial charge in [0, 0.05) is 24.6 Å². The molecule has 0 atom stereocenters. The minimum absolute atomic E-state index is 0.182. The third-order valence-electron chi connectivity index (χ3n) is 6.38. The second kappa shape index (κ2) is 10.3. The molecule has 0 radical (unpaired) electrons. The van der Waals surface area contributed by atoms with E-state index in [1.54, 1.807) is 13.3 Å². The van der Waals surface area contributed by atoms with Crippen LogP contribution in [0.5, 0.6) is 23.1 Å². The van der Waals surface area contributed by atoms with E-state index in [0.717, 1.165) is 34.7 Å². The number of aromatic nitrogens is 3. The highest BCUT2D eigenvalue weighted by molar-refractivity contribution is 5.96. The van der Waals surface area contributed by atoms with Crippen LogP contribution in [0.25, 0.3) is 0 Å². The largest absolute Gasteiger partial charge is 0.497 e. The van der Waals surface area contributed by atoms with Gasteiger partial charge < -0.3 is 29.2 Å². The van der Waals surface area contributed by atoms with E-state index in [2.05, 4.69) is 20.3 Å². The summed E-state index contributed by atoms with van der Waals surface area (Å²) >= 11 is 0. The monoisotopic (exact) mass is 511 g/mol. The van der Waals surface area contributed by atoms with E-state index in [1.807, 2.05) is 59.5 Å². The Hall–Kier alpha value is -4.86. The van der Waals surface area contributed by atoms with Gasteiger partial charge in [-0.25, -0.2) is 4.98 Å². The van der Waals surface area contributed by atoms with Crippen molar-refractivity contribution in [2.45, 2.75) is 19.6 Å². The van der Waals surface area contributed by atoms with Gasteiger partial charge in [-0.15, -0.1) is 0 Å².